The molecule has 0 spiro atoms. The Morgan fingerprint density at radius 1 is 1.26 bits per heavy atom. The van der Waals surface area contributed by atoms with Gasteiger partial charge in [-0.25, -0.2) is 0 Å². The summed E-state index contributed by atoms with van der Waals surface area (Å²) in [5, 5.41) is 10.8. The van der Waals surface area contributed by atoms with Crippen molar-refractivity contribution in [2.24, 2.45) is 0 Å². The fourth-order valence-corrected chi connectivity index (χ4v) is 4.19. The van der Waals surface area contributed by atoms with Crippen LogP contribution in [0, 0.1) is 6.92 Å². The maximum absolute atomic E-state index is 12.6. The van der Waals surface area contributed by atoms with Crippen molar-refractivity contribution in [2.45, 2.75) is 38.2 Å². The molecule has 2 aromatic rings. The summed E-state index contributed by atoms with van der Waals surface area (Å²) in [6.07, 6.45) is 4.37. The Labute approximate surface area is 160 Å². The van der Waals surface area contributed by atoms with E-state index in [1.54, 1.807) is 0 Å². The molecule has 2 fully saturated rings. The topological polar surface area (TPSA) is 70.2 Å². The third-order valence-corrected chi connectivity index (χ3v) is 5.77. The second-order valence-corrected chi connectivity index (χ2v) is 7.57. The van der Waals surface area contributed by atoms with Gasteiger partial charge in [-0.3, -0.25) is 9.89 Å². The summed E-state index contributed by atoms with van der Waals surface area (Å²) in [6.45, 7) is 6.09. The summed E-state index contributed by atoms with van der Waals surface area (Å²) in [6, 6.07) is 8.42. The molecule has 144 valence electrons. The molecule has 2 N–H and O–H groups in total. The lowest BCUT2D eigenvalue weighted by molar-refractivity contribution is -0.135. The highest BCUT2D eigenvalue weighted by Gasteiger charge is 2.28. The highest BCUT2D eigenvalue weighted by molar-refractivity contribution is 5.77. The summed E-state index contributed by atoms with van der Waals surface area (Å²) < 4.78 is 5.67. The first-order valence-corrected chi connectivity index (χ1v) is 9.91. The molecule has 0 aliphatic carbocycles. The summed E-state index contributed by atoms with van der Waals surface area (Å²) in [4.78, 5) is 14.6. The van der Waals surface area contributed by atoms with Gasteiger partial charge < -0.3 is 15.0 Å². The summed E-state index contributed by atoms with van der Waals surface area (Å²) in [5.74, 6) is 0.629. The molecule has 27 heavy (non-hydrogen) atoms. The first-order valence-electron chi connectivity index (χ1n) is 9.91. The van der Waals surface area contributed by atoms with Crippen LogP contribution < -0.4 is 5.32 Å². The van der Waals surface area contributed by atoms with Crippen LogP contribution >= 0.6 is 0 Å². The van der Waals surface area contributed by atoms with E-state index in [1.807, 2.05) is 11.1 Å². The first-order chi connectivity index (χ1) is 13.2. The number of aryl methyl sites for hydroxylation is 1. The number of carbonyl (C=O) groups is 1. The summed E-state index contributed by atoms with van der Waals surface area (Å²) in [7, 11) is 0. The number of likely N-dealkylation sites (tertiary alicyclic amines) is 1. The third-order valence-electron chi connectivity index (χ3n) is 5.77. The minimum absolute atomic E-state index is 0.0178. The van der Waals surface area contributed by atoms with Crippen molar-refractivity contribution in [3.8, 4) is 11.1 Å². The molecule has 0 saturated carbocycles. The van der Waals surface area contributed by atoms with E-state index in [-0.39, 0.29) is 12.0 Å². The van der Waals surface area contributed by atoms with Crippen LogP contribution in [0.3, 0.4) is 0 Å². The van der Waals surface area contributed by atoms with Gasteiger partial charge in [0.05, 0.1) is 25.3 Å². The number of nitrogens with zero attached hydrogens (tertiary/aromatic N) is 2. The number of hydrogen-bond donors (Lipinski definition) is 2. The van der Waals surface area contributed by atoms with E-state index < -0.39 is 0 Å². The van der Waals surface area contributed by atoms with Crippen molar-refractivity contribution in [2.75, 3.05) is 32.8 Å². The Balaban J connectivity index is 1.38. The number of carbonyl (C=O) groups excluding carboxylic acids is 1. The maximum atomic E-state index is 12.6. The van der Waals surface area contributed by atoms with E-state index in [0.29, 0.717) is 18.9 Å². The Bertz CT molecular complexity index is 774. The predicted molar refractivity (Wildman–Crippen MR) is 105 cm³/mol. The van der Waals surface area contributed by atoms with Crippen LogP contribution in [0.15, 0.2) is 30.5 Å². The van der Waals surface area contributed by atoms with Crippen LogP contribution in [0.4, 0.5) is 0 Å². The summed E-state index contributed by atoms with van der Waals surface area (Å²) in [5.41, 5.74) is 4.89. The number of morpholine rings is 1. The largest absolute Gasteiger partial charge is 0.375 e. The second kappa shape index (κ2) is 8.23. The van der Waals surface area contributed by atoms with Gasteiger partial charge in [0.25, 0.3) is 0 Å². The molecule has 3 heterocycles. The molecule has 2 saturated heterocycles. The molecule has 1 atom stereocenters. The molecule has 1 aromatic carbocycles. The average molecular weight is 368 g/mol. The van der Waals surface area contributed by atoms with Gasteiger partial charge in [0.1, 0.15) is 0 Å². The molecular formula is C21H28N4O2. The molecule has 2 aliphatic rings. The zero-order chi connectivity index (χ0) is 18.6. The molecule has 0 bridgehead atoms. The van der Waals surface area contributed by atoms with Crippen LogP contribution in [0.2, 0.25) is 0 Å². The van der Waals surface area contributed by atoms with Gasteiger partial charge in [0.15, 0.2) is 0 Å². The van der Waals surface area contributed by atoms with E-state index in [0.717, 1.165) is 39.0 Å². The van der Waals surface area contributed by atoms with Crippen LogP contribution in [0.25, 0.3) is 11.1 Å². The smallest absolute Gasteiger partial charge is 0.225 e. The van der Waals surface area contributed by atoms with Crippen LogP contribution in [0.5, 0.6) is 0 Å². The third kappa shape index (κ3) is 4.06. The minimum atomic E-state index is 0.0178. The maximum Gasteiger partial charge on any atom is 0.225 e. The van der Waals surface area contributed by atoms with E-state index >= 15 is 0 Å². The van der Waals surface area contributed by atoms with Crippen molar-refractivity contribution in [1.29, 1.82) is 0 Å². The van der Waals surface area contributed by atoms with E-state index in [1.165, 1.54) is 22.4 Å². The number of nitrogens with one attached hydrogen (secondary N) is 2. The van der Waals surface area contributed by atoms with Gasteiger partial charge in [-0.2, -0.15) is 5.10 Å². The summed E-state index contributed by atoms with van der Waals surface area (Å²) >= 11 is 0. The number of aromatic amines is 1. The number of amides is 1. The van der Waals surface area contributed by atoms with Crippen molar-refractivity contribution in [1.82, 2.24) is 20.4 Å². The molecule has 4 rings (SSSR count). The van der Waals surface area contributed by atoms with Gasteiger partial charge in [0.2, 0.25) is 5.91 Å². The number of piperidine rings is 1. The molecule has 1 amide bonds. The predicted octanol–water partition coefficient (Wildman–Crippen LogP) is 2.47. The van der Waals surface area contributed by atoms with Gasteiger partial charge in [-0.15, -0.1) is 0 Å². The van der Waals surface area contributed by atoms with Crippen LogP contribution in [-0.4, -0.2) is 59.9 Å². The molecular weight excluding hydrogens is 340 g/mol. The molecule has 2 aliphatic heterocycles. The Morgan fingerprint density at radius 3 is 2.81 bits per heavy atom. The lowest BCUT2D eigenvalue weighted by Gasteiger charge is -2.33. The fraction of sp³-hybridized carbons (Fsp3) is 0.524. The molecule has 6 heteroatoms. The Hall–Kier alpha value is -2.18. The van der Waals surface area contributed by atoms with Gasteiger partial charge >= 0.3 is 0 Å². The first kappa shape index (κ1) is 18.2. The number of H-pyrrole nitrogens is 1. The van der Waals surface area contributed by atoms with Crippen LogP contribution in [0.1, 0.15) is 36.4 Å². The fourth-order valence-electron chi connectivity index (χ4n) is 4.19. The highest BCUT2D eigenvalue weighted by atomic mass is 16.5. The Kier molecular flexibility index (Phi) is 5.55. The number of aromatic nitrogens is 2. The lowest BCUT2D eigenvalue weighted by atomic mass is 9.88. The standard InChI is InChI=1S/C21H28N4O2/c1-15-4-2-3-5-18(15)19-14-23-24-21(19)16-6-9-25(10-7-16)20(26)12-17-13-22-8-11-27-17/h2-5,14,16-17,22H,6-13H2,1H3,(H,23,24)/t17-/m0/s1. The molecule has 0 unspecified atom stereocenters. The van der Waals surface area contributed by atoms with Crippen LogP contribution in [-0.2, 0) is 9.53 Å². The highest BCUT2D eigenvalue weighted by Crippen LogP contribution is 2.35. The molecule has 0 radical (unpaired) electrons. The van der Waals surface area contributed by atoms with Crippen molar-refractivity contribution < 1.29 is 9.53 Å². The lowest BCUT2D eigenvalue weighted by Crippen LogP contribution is -2.44. The van der Waals surface area contributed by atoms with Crippen molar-refractivity contribution in [3.05, 3.63) is 41.7 Å². The number of ether oxygens (including phenoxy) is 1. The zero-order valence-electron chi connectivity index (χ0n) is 15.9. The Morgan fingerprint density at radius 2 is 2.07 bits per heavy atom. The van der Waals surface area contributed by atoms with Gasteiger partial charge in [-0.05, 0) is 30.9 Å². The SMILES string of the molecule is Cc1ccccc1-c1cn[nH]c1C1CCN(C(=O)C[C@H]2CNCCO2)CC1. The van der Waals surface area contributed by atoms with Crippen molar-refractivity contribution in [3.63, 3.8) is 0 Å². The normalized spacial score (nSPS) is 21.4. The monoisotopic (exact) mass is 368 g/mol. The molecule has 6 nitrogen and oxygen atoms in total. The quantitative estimate of drug-likeness (QED) is 0.870. The van der Waals surface area contributed by atoms with Crippen molar-refractivity contribution >= 4 is 5.91 Å². The molecule has 1 aromatic heterocycles. The number of rotatable bonds is 4. The zero-order valence-corrected chi connectivity index (χ0v) is 15.9. The van der Waals surface area contributed by atoms with Gasteiger partial charge in [-0.1, -0.05) is 24.3 Å². The van der Waals surface area contributed by atoms with E-state index in [9.17, 15) is 4.79 Å². The van der Waals surface area contributed by atoms with E-state index in [4.69, 9.17) is 4.74 Å². The second-order valence-electron chi connectivity index (χ2n) is 7.57. The number of benzene rings is 1. The number of hydrogen-bond acceptors (Lipinski definition) is 4. The average Bonchev–Trinajstić information content (AvgIpc) is 3.19. The van der Waals surface area contributed by atoms with Gasteiger partial charge in [0, 0.05) is 43.4 Å². The van der Waals surface area contributed by atoms with E-state index in [2.05, 4.69) is 46.7 Å². The minimum Gasteiger partial charge on any atom is -0.375 e.